The Morgan fingerprint density at radius 2 is 1.83 bits per heavy atom. The highest BCUT2D eigenvalue weighted by atomic mass is 16.5. The van der Waals surface area contributed by atoms with Gasteiger partial charge in [-0.3, -0.25) is 0 Å². The fraction of sp³-hybridized carbons (Fsp3) is 0.600. The summed E-state index contributed by atoms with van der Waals surface area (Å²) >= 11 is 0. The van der Waals surface area contributed by atoms with Gasteiger partial charge in [-0.05, 0) is 24.1 Å². The molecule has 1 aromatic carbocycles. The van der Waals surface area contributed by atoms with Crippen molar-refractivity contribution in [3.63, 3.8) is 0 Å². The zero-order chi connectivity index (χ0) is 13.4. The fourth-order valence-corrected chi connectivity index (χ4v) is 1.62. The van der Waals surface area contributed by atoms with E-state index in [1.165, 1.54) is 0 Å². The van der Waals surface area contributed by atoms with Crippen molar-refractivity contribution in [3.05, 3.63) is 29.8 Å². The first-order chi connectivity index (χ1) is 8.61. The van der Waals surface area contributed by atoms with Gasteiger partial charge in [0.15, 0.2) is 0 Å². The molecule has 0 bridgehead atoms. The van der Waals surface area contributed by atoms with Crippen molar-refractivity contribution in [1.29, 1.82) is 0 Å². The van der Waals surface area contributed by atoms with Crippen LogP contribution in [-0.4, -0.2) is 30.9 Å². The van der Waals surface area contributed by atoms with Gasteiger partial charge in [0.2, 0.25) is 0 Å². The Morgan fingerprint density at radius 1 is 1.17 bits per heavy atom. The molecule has 0 aliphatic carbocycles. The normalized spacial score (nSPS) is 12.7. The molecule has 1 rings (SSSR count). The monoisotopic (exact) mass is 251 g/mol. The van der Waals surface area contributed by atoms with Crippen molar-refractivity contribution in [2.24, 2.45) is 5.92 Å². The van der Waals surface area contributed by atoms with E-state index in [0.717, 1.165) is 24.5 Å². The number of aliphatic hydroxyl groups excluding tert-OH is 1. The maximum atomic E-state index is 8.83. The van der Waals surface area contributed by atoms with Crippen molar-refractivity contribution in [3.8, 4) is 5.75 Å². The molecule has 0 aliphatic rings. The summed E-state index contributed by atoms with van der Waals surface area (Å²) in [6, 6.07) is 8.46. The second-order valence-corrected chi connectivity index (χ2v) is 5.10. The topological polar surface area (TPSA) is 41.5 Å². The van der Waals surface area contributed by atoms with Gasteiger partial charge in [0.05, 0.1) is 6.61 Å². The average Bonchev–Trinajstić information content (AvgIpc) is 2.36. The predicted molar refractivity (Wildman–Crippen MR) is 75.0 cm³/mol. The van der Waals surface area contributed by atoms with Crippen molar-refractivity contribution < 1.29 is 9.84 Å². The Morgan fingerprint density at radius 3 is 2.39 bits per heavy atom. The van der Waals surface area contributed by atoms with E-state index in [0.29, 0.717) is 18.4 Å². The van der Waals surface area contributed by atoms with Gasteiger partial charge in [0.1, 0.15) is 5.75 Å². The van der Waals surface area contributed by atoms with Crippen LogP contribution in [0.5, 0.6) is 5.75 Å². The highest BCUT2D eigenvalue weighted by molar-refractivity contribution is 5.27. The highest BCUT2D eigenvalue weighted by Gasteiger charge is 2.04. The maximum Gasteiger partial charge on any atom is 0.119 e. The summed E-state index contributed by atoms with van der Waals surface area (Å²) < 4.78 is 5.73. The van der Waals surface area contributed by atoms with E-state index >= 15 is 0 Å². The number of benzene rings is 1. The van der Waals surface area contributed by atoms with Gasteiger partial charge in [-0.2, -0.15) is 0 Å². The Balaban J connectivity index is 2.29. The summed E-state index contributed by atoms with van der Waals surface area (Å²) in [6.45, 7) is 8.36. The SMILES string of the molecule is CC(CNC(C)C)COc1ccc(CCO)cc1. The van der Waals surface area contributed by atoms with Crippen LogP contribution in [0.2, 0.25) is 0 Å². The summed E-state index contributed by atoms with van der Waals surface area (Å²) in [5, 5.41) is 12.2. The number of aliphatic hydroxyl groups is 1. The number of rotatable bonds is 8. The number of nitrogens with one attached hydrogen (secondary N) is 1. The summed E-state index contributed by atoms with van der Waals surface area (Å²) in [5.74, 6) is 1.39. The van der Waals surface area contributed by atoms with Crippen LogP contribution in [0.4, 0.5) is 0 Å². The molecule has 3 nitrogen and oxygen atoms in total. The molecule has 0 saturated carbocycles. The molecule has 2 N–H and O–H groups in total. The minimum Gasteiger partial charge on any atom is -0.493 e. The van der Waals surface area contributed by atoms with Crippen LogP contribution in [-0.2, 0) is 6.42 Å². The first-order valence-corrected chi connectivity index (χ1v) is 6.67. The Hall–Kier alpha value is -1.06. The highest BCUT2D eigenvalue weighted by Crippen LogP contribution is 2.13. The Kier molecular flexibility index (Phi) is 6.76. The van der Waals surface area contributed by atoms with Gasteiger partial charge < -0.3 is 15.2 Å². The van der Waals surface area contributed by atoms with Crippen molar-refractivity contribution in [2.45, 2.75) is 33.2 Å². The zero-order valence-electron chi connectivity index (χ0n) is 11.6. The van der Waals surface area contributed by atoms with Crippen LogP contribution in [0, 0.1) is 5.92 Å². The Labute approximate surface area is 110 Å². The molecular formula is C15H25NO2. The van der Waals surface area contributed by atoms with Gasteiger partial charge in [-0.1, -0.05) is 32.9 Å². The van der Waals surface area contributed by atoms with Gasteiger partial charge in [0, 0.05) is 25.1 Å². The van der Waals surface area contributed by atoms with E-state index in [9.17, 15) is 0 Å². The average molecular weight is 251 g/mol. The van der Waals surface area contributed by atoms with Crippen LogP contribution < -0.4 is 10.1 Å². The molecule has 1 aromatic rings. The molecule has 0 aliphatic heterocycles. The third-order valence-corrected chi connectivity index (χ3v) is 2.73. The molecule has 102 valence electrons. The molecule has 18 heavy (non-hydrogen) atoms. The predicted octanol–water partition coefficient (Wildman–Crippen LogP) is 2.23. The maximum absolute atomic E-state index is 8.83. The standard InChI is InChI=1S/C15H25NO2/c1-12(2)16-10-13(3)11-18-15-6-4-14(5-7-15)8-9-17/h4-7,12-13,16-17H,8-11H2,1-3H3. The molecule has 0 saturated heterocycles. The lowest BCUT2D eigenvalue weighted by Gasteiger charge is -2.15. The largest absolute Gasteiger partial charge is 0.493 e. The molecule has 0 aromatic heterocycles. The van der Waals surface area contributed by atoms with Crippen LogP contribution in [0.15, 0.2) is 24.3 Å². The van der Waals surface area contributed by atoms with E-state index in [1.807, 2.05) is 24.3 Å². The number of ether oxygens (including phenoxy) is 1. The van der Waals surface area contributed by atoms with E-state index < -0.39 is 0 Å². The molecule has 0 amide bonds. The molecule has 0 spiro atoms. The first kappa shape index (κ1) is 15.0. The minimum absolute atomic E-state index is 0.193. The van der Waals surface area contributed by atoms with Gasteiger partial charge in [0.25, 0.3) is 0 Å². The smallest absolute Gasteiger partial charge is 0.119 e. The fourth-order valence-electron chi connectivity index (χ4n) is 1.62. The van der Waals surface area contributed by atoms with Crippen LogP contribution in [0.3, 0.4) is 0 Å². The van der Waals surface area contributed by atoms with E-state index in [1.54, 1.807) is 0 Å². The summed E-state index contributed by atoms with van der Waals surface area (Å²) in [7, 11) is 0. The van der Waals surface area contributed by atoms with E-state index in [-0.39, 0.29) is 6.61 Å². The van der Waals surface area contributed by atoms with E-state index in [4.69, 9.17) is 9.84 Å². The molecular weight excluding hydrogens is 226 g/mol. The quantitative estimate of drug-likeness (QED) is 0.744. The minimum atomic E-state index is 0.193. The lowest BCUT2D eigenvalue weighted by atomic mass is 10.1. The van der Waals surface area contributed by atoms with Crippen molar-refractivity contribution in [2.75, 3.05) is 19.8 Å². The lowest BCUT2D eigenvalue weighted by molar-refractivity contribution is 0.253. The first-order valence-electron chi connectivity index (χ1n) is 6.67. The molecule has 0 fully saturated rings. The molecule has 0 heterocycles. The van der Waals surface area contributed by atoms with Gasteiger partial charge in [-0.25, -0.2) is 0 Å². The van der Waals surface area contributed by atoms with Gasteiger partial charge >= 0.3 is 0 Å². The van der Waals surface area contributed by atoms with Crippen molar-refractivity contribution >= 4 is 0 Å². The van der Waals surface area contributed by atoms with Crippen LogP contribution in [0.25, 0.3) is 0 Å². The molecule has 1 atom stereocenters. The van der Waals surface area contributed by atoms with Gasteiger partial charge in [-0.15, -0.1) is 0 Å². The second kappa shape index (κ2) is 8.11. The Bertz CT molecular complexity index is 322. The van der Waals surface area contributed by atoms with Crippen LogP contribution >= 0.6 is 0 Å². The van der Waals surface area contributed by atoms with E-state index in [2.05, 4.69) is 26.1 Å². The summed E-state index contributed by atoms with van der Waals surface area (Å²) in [4.78, 5) is 0. The summed E-state index contributed by atoms with van der Waals surface area (Å²) in [5.41, 5.74) is 1.14. The second-order valence-electron chi connectivity index (χ2n) is 5.10. The third kappa shape index (κ3) is 6.03. The molecule has 3 heteroatoms. The third-order valence-electron chi connectivity index (χ3n) is 2.73. The molecule has 0 radical (unpaired) electrons. The molecule has 1 unspecified atom stereocenters. The van der Waals surface area contributed by atoms with Crippen molar-refractivity contribution in [1.82, 2.24) is 5.32 Å². The lowest BCUT2D eigenvalue weighted by Crippen LogP contribution is -2.30. The zero-order valence-corrected chi connectivity index (χ0v) is 11.6. The van der Waals surface area contributed by atoms with Crippen LogP contribution in [0.1, 0.15) is 26.3 Å². The summed E-state index contributed by atoms with van der Waals surface area (Å²) in [6.07, 6.45) is 0.703. The number of hydrogen-bond donors (Lipinski definition) is 2. The number of hydrogen-bond acceptors (Lipinski definition) is 3.